The summed E-state index contributed by atoms with van der Waals surface area (Å²) < 4.78 is 26.1. The van der Waals surface area contributed by atoms with E-state index >= 15 is 0 Å². The fourth-order valence-electron chi connectivity index (χ4n) is 4.43. The van der Waals surface area contributed by atoms with Crippen LogP contribution in [0.4, 0.5) is 4.39 Å². The van der Waals surface area contributed by atoms with Crippen LogP contribution in [-0.4, -0.2) is 42.6 Å². The molecule has 3 aliphatic rings. The van der Waals surface area contributed by atoms with Gasteiger partial charge in [-0.25, -0.2) is 9.38 Å². The van der Waals surface area contributed by atoms with Crippen LogP contribution in [0.1, 0.15) is 18.4 Å². The molecule has 0 radical (unpaired) electrons. The molecular formula is C21H19ClFN3O3. The molecule has 6 nitrogen and oxygen atoms in total. The molecule has 3 heterocycles. The van der Waals surface area contributed by atoms with Gasteiger partial charge < -0.3 is 15.2 Å². The van der Waals surface area contributed by atoms with Crippen molar-refractivity contribution in [2.75, 3.05) is 13.7 Å². The molecule has 1 amide bonds. The van der Waals surface area contributed by atoms with Crippen LogP contribution in [0.25, 0.3) is 11.1 Å². The average Bonchev–Trinajstić information content (AvgIpc) is 2.92. The van der Waals surface area contributed by atoms with Gasteiger partial charge in [0.1, 0.15) is 23.8 Å². The first-order chi connectivity index (χ1) is 13.9. The van der Waals surface area contributed by atoms with E-state index in [1.54, 1.807) is 25.2 Å². The highest BCUT2D eigenvalue weighted by molar-refractivity contribution is 6.30. The maximum absolute atomic E-state index is 13.9. The summed E-state index contributed by atoms with van der Waals surface area (Å²) >= 11 is 6.03. The number of rotatable bonds is 1. The molecule has 8 heteroatoms. The van der Waals surface area contributed by atoms with Crippen molar-refractivity contribution in [2.24, 2.45) is 10.7 Å². The van der Waals surface area contributed by atoms with Crippen LogP contribution in [0.15, 0.2) is 41.4 Å². The smallest absolute Gasteiger partial charge is 0.264 e. The Morgan fingerprint density at radius 1 is 1.28 bits per heavy atom. The standard InChI is InChI=1S/C21H19ClFN3O3/c1-26-19(27)21(25-20(26)24)15-9-11(12-7-13(22)10-14(23)8-12)4-5-16(15)29-17-3-2-6-28-18(17)21/h4-5,7-10,17-18H,2-3,6H2,1H3,(H2,24,25)/t17?,18-,21+/m1/s1. The number of hydrogen-bond donors (Lipinski definition) is 1. The molecule has 3 aliphatic heterocycles. The number of hydrogen-bond acceptors (Lipinski definition) is 5. The van der Waals surface area contributed by atoms with Gasteiger partial charge in [-0.05, 0) is 54.3 Å². The predicted molar refractivity (Wildman–Crippen MR) is 106 cm³/mol. The Kier molecular flexibility index (Phi) is 4.08. The monoisotopic (exact) mass is 415 g/mol. The lowest BCUT2D eigenvalue weighted by Gasteiger charge is -2.45. The number of aliphatic imine (C=N–C) groups is 1. The van der Waals surface area contributed by atoms with Gasteiger partial charge in [0.05, 0.1) is 0 Å². The molecule has 2 aromatic rings. The van der Waals surface area contributed by atoms with Crippen molar-refractivity contribution < 1.29 is 18.7 Å². The van der Waals surface area contributed by atoms with Gasteiger partial charge in [0.2, 0.25) is 5.54 Å². The van der Waals surface area contributed by atoms with Crippen molar-refractivity contribution in [2.45, 2.75) is 30.6 Å². The largest absolute Gasteiger partial charge is 0.487 e. The van der Waals surface area contributed by atoms with Crippen molar-refractivity contribution in [3.05, 3.63) is 52.8 Å². The Bertz CT molecular complexity index is 1040. The second-order valence-electron chi connectivity index (χ2n) is 7.56. The molecule has 150 valence electrons. The lowest BCUT2D eigenvalue weighted by atomic mass is 9.76. The Hall–Kier alpha value is -2.64. The van der Waals surface area contributed by atoms with Gasteiger partial charge in [0.25, 0.3) is 5.91 Å². The van der Waals surface area contributed by atoms with Crippen molar-refractivity contribution in [3.8, 4) is 16.9 Å². The number of nitrogens with zero attached hydrogens (tertiary/aromatic N) is 2. The highest BCUT2D eigenvalue weighted by atomic mass is 35.5. The lowest BCUT2D eigenvalue weighted by molar-refractivity contribution is -0.151. The molecule has 1 unspecified atom stereocenters. The van der Waals surface area contributed by atoms with Gasteiger partial charge in [-0.15, -0.1) is 0 Å². The average molecular weight is 416 g/mol. The number of nitrogens with two attached hydrogens (primary N) is 1. The van der Waals surface area contributed by atoms with Crippen LogP contribution in [0, 0.1) is 5.82 Å². The van der Waals surface area contributed by atoms with E-state index in [0.29, 0.717) is 34.1 Å². The molecule has 1 saturated heterocycles. The SMILES string of the molecule is CN1C(=O)[C@]2(N=C1N)c1cc(-c3cc(F)cc(Cl)c3)ccc1OC1CCCO[C@H]12. The summed E-state index contributed by atoms with van der Waals surface area (Å²) in [6, 6.07) is 9.70. The van der Waals surface area contributed by atoms with Crippen LogP contribution >= 0.6 is 11.6 Å². The maximum Gasteiger partial charge on any atom is 0.264 e. The second kappa shape index (κ2) is 6.43. The molecule has 0 bridgehead atoms. The van der Waals surface area contributed by atoms with Crippen LogP contribution in [0.5, 0.6) is 5.75 Å². The Morgan fingerprint density at radius 2 is 2.10 bits per heavy atom. The molecule has 0 aliphatic carbocycles. The first kappa shape index (κ1) is 18.4. The third-order valence-electron chi connectivity index (χ3n) is 5.81. The summed E-state index contributed by atoms with van der Waals surface area (Å²) in [6.45, 7) is 0.521. The zero-order valence-electron chi connectivity index (χ0n) is 15.7. The predicted octanol–water partition coefficient (Wildman–Crippen LogP) is 3.07. The first-order valence-electron chi connectivity index (χ1n) is 9.43. The van der Waals surface area contributed by atoms with E-state index < -0.39 is 17.5 Å². The summed E-state index contributed by atoms with van der Waals surface area (Å²) in [5.74, 6) is -0.00476. The third-order valence-corrected chi connectivity index (χ3v) is 6.03. The van der Waals surface area contributed by atoms with Crippen molar-refractivity contribution in [3.63, 3.8) is 0 Å². The topological polar surface area (TPSA) is 77.2 Å². The van der Waals surface area contributed by atoms with E-state index in [2.05, 4.69) is 4.99 Å². The molecule has 1 spiro atoms. The Morgan fingerprint density at radius 3 is 2.83 bits per heavy atom. The first-order valence-corrected chi connectivity index (χ1v) is 9.80. The lowest BCUT2D eigenvalue weighted by Crippen LogP contribution is -2.58. The van der Waals surface area contributed by atoms with Gasteiger partial charge in [-0.2, -0.15) is 0 Å². The number of carbonyl (C=O) groups excluding carboxylic acids is 1. The molecule has 5 rings (SSSR count). The fraction of sp³-hybridized carbons (Fsp3) is 0.333. The number of carbonyl (C=O) groups is 1. The summed E-state index contributed by atoms with van der Waals surface area (Å²) in [4.78, 5) is 19.3. The van der Waals surface area contributed by atoms with Crippen LogP contribution in [0.3, 0.4) is 0 Å². The van der Waals surface area contributed by atoms with E-state index in [-0.39, 0.29) is 18.0 Å². The highest BCUT2D eigenvalue weighted by Crippen LogP contribution is 2.50. The minimum Gasteiger partial charge on any atom is -0.487 e. The molecule has 0 saturated carbocycles. The van der Waals surface area contributed by atoms with E-state index in [1.807, 2.05) is 6.07 Å². The molecule has 1 fully saturated rings. The minimum atomic E-state index is -1.31. The summed E-state index contributed by atoms with van der Waals surface area (Å²) in [7, 11) is 1.60. The molecule has 0 aromatic heterocycles. The van der Waals surface area contributed by atoms with Gasteiger partial charge >= 0.3 is 0 Å². The Balaban J connectivity index is 1.73. The maximum atomic E-state index is 13.9. The number of halogens is 2. The molecule has 2 aromatic carbocycles. The Labute approximate surface area is 172 Å². The van der Waals surface area contributed by atoms with Gasteiger partial charge in [0.15, 0.2) is 5.96 Å². The van der Waals surface area contributed by atoms with Crippen molar-refractivity contribution >= 4 is 23.5 Å². The third kappa shape index (κ3) is 2.64. The number of guanidine groups is 1. The minimum absolute atomic E-state index is 0.134. The van der Waals surface area contributed by atoms with Gasteiger partial charge in [-0.1, -0.05) is 17.7 Å². The van der Waals surface area contributed by atoms with Crippen molar-refractivity contribution in [1.82, 2.24) is 4.90 Å². The number of amides is 1. The fourth-order valence-corrected chi connectivity index (χ4v) is 4.66. The molecule has 29 heavy (non-hydrogen) atoms. The van der Waals surface area contributed by atoms with Crippen LogP contribution in [-0.2, 0) is 15.1 Å². The van der Waals surface area contributed by atoms with Crippen molar-refractivity contribution in [1.29, 1.82) is 0 Å². The van der Waals surface area contributed by atoms with Crippen LogP contribution < -0.4 is 10.5 Å². The summed E-state index contributed by atoms with van der Waals surface area (Å²) in [6.07, 6.45) is 0.735. The van der Waals surface area contributed by atoms with Gasteiger partial charge in [0, 0.05) is 24.2 Å². The molecule has 2 N–H and O–H groups in total. The van der Waals surface area contributed by atoms with E-state index in [1.165, 1.54) is 17.0 Å². The zero-order chi connectivity index (χ0) is 20.3. The number of fused-ring (bicyclic) bond motifs is 4. The summed E-state index contributed by atoms with van der Waals surface area (Å²) in [5.41, 5.74) is 6.57. The number of likely N-dealkylation sites (N-methyl/N-ethyl adjacent to an activating group) is 1. The van der Waals surface area contributed by atoms with E-state index in [0.717, 1.165) is 12.8 Å². The second-order valence-corrected chi connectivity index (χ2v) is 8.00. The van der Waals surface area contributed by atoms with E-state index in [9.17, 15) is 9.18 Å². The number of ether oxygens (including phenoxy) is 2. The van der Waals surface area contributed by atoms with Gasteiger partial charge in [-0.3, -0.25) is 9.69 Å². The quantitative estimate of drug-likeness (QED) is 0.776. The highest BCUT2D eigenvalue weighted by Gasteiger charge is 2.61. The van der Waals surface area contributed by atoms with E-state index in [4.69, 9.17) is 26.8 Å². The zero-order valence-corrected chi connectivity index (χ0v) is 16.4. The number of benzene rings is 2. The molecule has 3 atom stereocenters. The summed E-state index contributed by atoms with van der Waals surface area (Å²) in [5, 5.41) is 0.290. The molecular weight excluding hydrogens is 397 g/mol. The normalized spacial score (nSPS) is 28.0. The van der Waals surface area contributed by atoms with Crippen LogP contribution in [0.2, 0.25) is 5.02 Å².